The van der Waals surface area contributed by atoms with Crippen LogP contribution in [-0.2, 0) is 19.1 Å². The van der Waals surface area contributed by atoms with E-state index in [4.69, 9.17) is 9.47 Å². The molecule has 0 aliphatic carbocycles. The molecule has 0 radical (unpaired) electrons. The van der Waals surface area contributed by atoms with E-state index in [2.05, 4.69) is 62.5 Å². The molecule has 0 aromatic heterocycles. The van der Waals surface area contributed by atoms with Crippen LogP contribution in [0.25, 0.3) is 0 Å². The Morgan fingerprint density at radius 3 is 0.720 bits per heavy atom. The summed E-state index contributed by atoms with van der Waals surface area (Å²) >= 11 is 0. The first-order valence-electron chi connectivity index (χ1n) is 37.2. The minimum Gasteiger partial charge on any atom is -0.462 e. The summed E-state index contributed by atoms with van der Waals surface area (Å²) in [5, 5.41) is 9.71. The molecule has 0 aliphatic rings. The Hall–Kier alpha value is -2.14. The maximum atomic E-state index is 12.4. The highest BCUT2D eigenvalue weighted by atomic mass is 16.6. The second-order valence-corrected chi connectivity index (χ2v) is 25.4. The number of carbonyl (C=O) groups is 2. The van der Waals surface area contributed by atoms with Crippen molar-refractivity contribution in [1.82, 2.24) is 0 Å². The van der Waals surface area contributed by atoms with Crippen LogP contribution in [0.15, 0.2) is 48.6 Å². The van der Waals surface area contributed by atoms with E-state index in [9.17, 15) is 14.7 Å². The van der Waals surface area contributed by atoms with Gasteiger partial charge in [0.05, 0.1) is 6.61 Å². The van der Waals surface area contributed by atoms with Crippen molar-refractivity contribution in [3.8, 4) is 0 Å². The van der Waals surface area contributed by atoms with E-state index in [1.807, 2.05) is 0 Å². The summed E-state index contributed by atoms with van der Waals surface area (Å²) in [5.74, 6) is -0.565. The van der Waals surface area contributed by atoms with Crippen LogP contribution in [0.1, 0.15) is 412 Å². The SMILES string of the molecule is CCCCCCC/C=C\C/C=C\CCCCCCCCCCCCCCCCCCCCCCCCCC(=O)OC(CO)COC(=O)CCCCCCCCCCCCCCCCCCCCCCC/C=C\C/C=C\CCCCCCC. The van der Waals surface area contributed by atoms with Gasteiger partial charge in [-0.3, -0.25) is 9.59 Å². The van der Waals surface area contributed by atoms with Gasteiger partial charge in [-0.05, 0) is 77.0 Å². The van der Waals surface area contributed by atoms with Crippen LogP contribution in [0.2, 0.25) is 0 Å². The normalized spacial score (nSPS) is 12.4. The third kappa shape index (κ3) is 70.3. The Morgan fingerprint density at radius 1 is 0.280 bits per heavy atom. The molecule has 0 saturated heterocycles. The standard InChI is InChI=1S/C77H144O5/c1-3-5-7-9-11-13-15-17-19-21-23-25-27-29-31-33-35-37-38-40-42-44-46-48-50-52-54-56-58-60-62-64-66-68-70-72-77(80)82-75(73-78)74-81-76(79)71-69-67-65-63-61-59-57-55-53-51-49-47-45-43-41-39-36-34-32-30-28-26-24-22-20-18-16-14-12-10-8-6-4-2/h15-18,21-24,75,78H,3-14,19-20,25-74H2,1-2H3/b17-15-,18-16-,23-21-,24-22-. The number of rotatable bonds is 70. The van der Waals surface area contributed by atoms with E-state index >= 15 is 0 Å². The molecule has 0 heterocycles. The quantitative estimate of drug-likeness (QED) is 0.0373. The molecule has 5 heteroatoms. The molecule has 1 atom stereocenters. The van der Waals surface area contributed by atoms with Gasteiger partial charge in [-0.15, -0.1) is 0 Å². The van der Waals surface area contributed by atoms with E-state index < -0.39 is 6.10 Å². The molecular formula is C77H144O5. The van der Waals surface area contributed by atoms with Crippen molar-refractivity contribution in [3.63, 3.8) is 0 Å². The molecule has 0 saturated carbocycles. The van der Waals surface area contributed by atoms with Crippen molar-refractivity contribution in [1.29, 1.82) is 0 Å². The maximum absolute atomic E-state index is 12.4. The van der Waals surface area contributed by atoms with Crippen molar-refractivity contribution >= 4 is 11.9 Å². The van der Waals surface area contributed by atoms with Crippen LogP contribution < -0.4 is 0 Å². The van der Waals surface area contributed by atoms with Crippen LogP contribution in [0.4, 0.5) is 0 Å². The van der Waals surface area contributed by atoms with Crippen LogP contribution in [0.5, 0.6) is 0 Å². The van der Waals surface area contributed by atoms with E-state index in [1.54, 1.807) is 0 Å². The van der Waals surface area contributed by atoms with Crippen molar-refractivity contribution in [2.24, 2.45) is 0 Å². The van der Waals surface area contributed by atoms with Crippen molar-refractivity contribution in [3.05, 3.63) is 48.6 Å². The highest BCUT2D eigenvalue weighted by Crippen LogP contribution is 2.19. The Morgan fingerprint density at radius 2 is 0.488 bits per heavy atom. The van der Waals surface area contributed by atoms with Gasteiger partial charge in [0.25, 0.3) is 0 Å². The second-order valence-electron chi connectivity index (χ2n) is 25.4. The maximum Gasteiger partial charge on any atom is 0.306 e. The van der Waals surface area contributed by atoms with E-state index in [-0.39, 0.29) is 25.2 Å². The summed E-state index contributed by atoms with van der Waals surface area (Å²) in [4.78, 5) is 24.7. The molecule has 0 spiro atoms. The van der Waals surface area contributed by atoms with Gasteiger partial charge in [-0.25, -0.2) is 0 Å². The summed E-state index contributed by atoms with van der Waals surface area (Å²) in [6.07, 6.45) is 98.9. The summed E-state index contributed by atoms with van der Waals surface area (Å²) in [6, 6.07) is 0. The topological polar surface area (TPSA) is 72.8 Å². The number of esters is 2. The second kappa shape index (κ2) is 73.1. The molecule has 1 unspecified atom stereocenters. The number of allylic oxidation sites excluding steroid dienone is 8. The van der Waals surface area contributed by atoms with Crippen molar-refractivity contribution in [2.75, 3.05) is 13.2 Å². The predicted octanol–water partition coefficient (Wildman–Crippen LogP) is 25.9. The summed E-state index contributed by atoms with van der Waals surface area (Å²) in [6.45, 7) is 4.18. The number of hydrogen-bond acceptors (Lipinski definition) is 5. The van der Waals surface area contributed by atoms with E-state index in [1.165, 1.54) is 334 Å². The lowest BCUT2D eigenvalue weighted by Gasteiger charge is -2.15. The summed E-state index contributed by atoms with van der Waals surface area (Å²) in [5.41, 5.74) is 0. The van der Waals surface area contributed by atoms with Crippen LogP contribution in [0, 0.1) is 0 Å². The fourth-order valence-corrected chi connectivity index (χ4v) is 11.5. The van der Waals surface area contributed by atoms with Gasteiger partial charge in [0.1, 0.15) is 6.61 Å². The van der Waals surface area contributed by atoms with Crippen LogP contribution >= 0.6 is 0 Å². The number of aliphatic hydroxyl groups excluding tert-OH is 1. The molecule has 82 heavy (non-hydrogen) atoms. The van der Waals surface area contributed by atoms with Crippen LogP contribution in [0.3, 0.4) is 0 Å². The van der Waals surface area contributed by atoms with E-state index in [0.717, 1.165) is 51.4 Å². The first kappa shape index (κ1) is 79.9. The minimum atomic E-state index is -0.770. The lowest BCUT2D eigenvalue weighted by Crippen LogP contribution is -2.28. The van der Waals surface area contributed by atoms with Gasteiger partial charge in [0.15, 0.2) is 6.10 Å². The minimum absolute atomic E-state index is 0.0595. The highest BCUT2D eigenvalue weighted by Gasteiger charge is 2.16. The smallest absolute Gasteiger partial charge is 0.306 e. The van der Waals surface area contributed by atoms with Gasteiger partial charge in [-0.2, -0.15) is 0 Å². The van der Waals surface area contributed by atoms with Gasteiger partial charge < -0.3 is 14.6 Å². The molecular weight excluding hydrogens is 1000 g/mol. The predicted molar refractivity (Wildman–Crippen MR) is 362 cm³/mol. The number of aliphatic hydroxyl groups is 1. The fourth-order valence-electron chi connectivity index (χ4n) is 11.5. The summed E-state index contributed by atoms with van der Waals surface area (Å²) < 4.78 is 10.8. The van der Waals surface area contributed by atoms with Crippen molar-refractivity contribution in [2.45, 2.75) is 418 Å². The Balaban J connectivity index is 3.38. The van der Waals surface area contributed by atoms with Gasteiger partial charge in [0, 0.05) is 12.8 Å². The Labute approximate surface area is 513 Å². The third-order valence-electron chi connectivity index (χ3n) is 17.1. The van der Waals surface area contributed by atoms with Crippen LogP contribution in [-0.4, -0.2) is 36.4 Å². The average Bonchev–Trinajstić information content (AvgIpc) is 3.49. The zero-order valence-electron chi connectivity index (χ0n) is 55.5. The van der Waals surface area contributed by atoms with E-state index in [0.29, 0.717) is 12.8 Å². The lowest BCUT2D eigenvalue weighted by molar-refractivity contribution is -0.161. The number of hydrogen-bond donors (Lipinski definition) is 1. The number of carbonyl (C=O) groups excluding carboxylic acids is 2. The molecule has 482 valence electrons. The molecule has 0 aliphatic heterocycles. The first-order chi connectivity index (χ1) is 40.6. The zero-order valence-corrected chi connectivity index (χ0v) is 55.5. The molecule has 5 nitrogen and oxygen atoms in total. The largest absolute Gasteiger partial charge is 0.462 e. The summed E-state index contributed by atoms with van der Waals surface area (Å²) in [7, 11) is 0. The first-order valence-corrected chi connectivity index (χ1v) is 37.2. The molecule has 0 aromatic rings. The zero-order chi connectivity index (χ0) is 59.1. The number of unbranched alkanes of at least 4 members (excludes halogenated alkanes) is 54. The average molecular weight is 1150 g/mol. The van der Waals surface area contributed by atoms with Crippen molar-refractivity contribution < 1.29 is 24.2 Å². The Bertz CT molecular complexity index is 1350. The molecule has 1 N–H and O–H groups in total. The molecule has 0 aromatic carbocycles. The van der Waals surface area contributed by atoms with Gasteiger partial charge >= 0.3 is 11.9 Å². The van der Waals surface area contributed by atoms with Gasteiger partial charge in [-0.1, -0.05) is 371 Å². The monoisotopic (exact) mass is 1150 g/mol. The highest BCUT2D eigenvalue weighted by molar-refractivity contribution is 5.70. The fraction of sp³-hybridized carbons (Fsp3) is 0.870. The number of ether oxygens (including phenoxy) is 2. The molecule has 0 amide bonds. The Kier molecular flexibility index (Phi) is 71.2. The molecule has 0 bridgehead atoms. The molecule has 0 rings (SSSR count). The lowest BCUT2D eigenvalue weighted by atomic mass is 10.0. The third-order valence-corrected chi connectivity index (χ3v) is 17.1. The van der Waals surface area contributed by atoms with Gasteiger partial charge in [0.2, 0.25) is 0 Å². The molecule has 0 fully saturated rings.